The van der Waals surface area contributed by atoms with Gasteiger partial charge < -0.3 is 10.6 Å². The zero-order valence-electron chi connectivity index (χ0n) is 16.2. The van der Waals surface area contributed by atoms with Crippen LogP contribution in [-0.4, -0.2) is 53.3 Å². The number of carbonyl (C=O) groups excluding carboxylic acids is 2. The van der Waals surface area contributed by atoms with Crippen LogP contribution in [0.5, 0.6) is 0 Å². The number of hydrogen-bond acceptors (Lipinski definition) is 4. The first-order valence-corrected chi connectivity index (χ1v) is 10.7. The summed E-state index contributed by atoms with van der Waals surface area (Å²) < 4.78 is 0. The number of nitrogens with zero attached hydrogens (tertiary/aromatic N) is 3. The number of nitriles is 1. The van der Waals surface area contributed by atoms with Crippen LogP contribution in [0, 0.1) is 35.0 Å². The Labute approximate surface area is 162 Å². The summed E-state index contributed by atoms with van der Waals surface area (Å²) in [6.07, 6.45) is 9.53. The fourth-order valence-corrected chi connectivity index (χ4v) is 6.89. The third kappa shape index (κ3) is 3.71. The van der Waals surface area contributed by atoms with Crippen molar-refractivity contribution in [3.8, 4) is 6.07 Å². The van der Waals surface area contributed by atoms with E-state index in [1.54, 1.807) is 0 Å². The number of piperidine rings is 1. The summed E-state index contributed by atoms with van der Waals surface area (Å²) in [5.74, 6) is 2.05. The molecule has 0 aromatic rings. The van der Waals surface area contributed by atoms with Crippen molar-refractivity contribution < 1.29 is 9.59 Å². The predicted molar refractivity (Wildman–Crippen MR) is 101 cm³/mol. The van der Waals surface area contributed by atoms with Gasteiger partial charge in [0.1, 0.15) is 0 Å². The molecule has 2 amide bonds. The fourth-order valence-electron chi connectivity index (χ4n) is 6.89. The molecule has 2 N–H and O–H groups in total. The predicted octanol–water partition coefficient (Wildman–Crippen LogP) is 1.89. The Balaban J connectivity index is 1.48. The highest BCUT2D eigenvalue weighted by Gasteiger charge is 2.54. The molecule has 27 heavy (non-hydrogen) atoms. The molecular formula is C21H32N4O2. The smallest absolute Gasteiger partial charge is 0.237 e. The molecule has 4 aliphatic carbocycles. The van der Waals surface area contributed by atoms with Crippen LogP contribution in [0.3, 0.4) is 0 Å². The molecule has 0 unspecified atom stereocenters. The lowest BCUT2D eigenvalue weighted by Gasteiger charge is -2.60. The third-order valence-corrected chi connectivity index (χ3v) is 7.59. The lowest BCUT2D eigenvalue weighted by atomic mass is 9.52. The van der Waals surface area contributed by atoms with Gasteiger partial charge in [-0.15, -0.1) is 0 Å². The van der Waals surface area contributed by atoms with Gasteiger partial charge in [-0.25, -0.2) is 0 Å². The molecule has 6 heteroatoms. The molecule has 1 atom stereocenters. The Morgan fingerprint density at radius 2 is 1.78 bits per heavy atom. The first kappa shape index (κ1) is 18.7. The van der Waals surface area contributed by atoms with E-state index in [0.29, 0.717) is 26.1 Å². The highest BCUT2D eigenvalue weighted by molar-refractivity contribution is 5.80. The summed E-state index contributed by atoms with van der Waals surface area (Å²) >= 11 is 0. The minimum absolute atomic E-state index is 0.0123. The second-order valence-electron chi connectivity index (χ2n) is 9.57. The van der Waals surface area contributed by atoms with Crippen molar-refractivity contribution in [3.63, 3.8) is 0 Å². The van der Waals surface area contributed by atoms with E-state index >= 15 is 0 Å². The van der Waals surface area contributed by atoms with Gasteiger partial charge in [-0.3, -0.25) is 14.5 Å². The normalized spacial score (nSPS) is 37.7. The van der Waals surface area contributed by atoms with Gasteiger partial charge in [0, 0.05) is 18.6 Å². The molecule has 1 saturated heterocycles. The summed E-state index contributed by atoms with van der Waals surface area (Å²) in [6.45, 7) is 2.35. The van der Waals surface area contributed by atoms with Gasteiger partial charge in [0.25, 0.3) is 0 Å². The quantitative estimate of drug-likeness (QED) is 0.771. The zero-order valence-corrected chi connectivity index (χ0v) is 16.2. The van der Waals surface area contributed by atoms with Crippen molar-refractivity contribution in [2.45, 2.75) is 63.3 Å². The van der Waals surface area contributed by atoms with E-state index < -0.39 is 0 Å². The molecular weight excluding hydrogens is 340 g/mol. The van der Waals surface area contributed by atoms with E-state index in [1.165, 1.54) is 19.3 Å². The van der Waals surface area contributed by atoms with Crippen LogP contribution >= 0.6 is 0 Å². The number of carbonyl (C=O) groups is 2. The van der Waals surface area contributed by atoms with Crippen LogP contribution in [-0.2, 0) is 9.59 Å². The molecule has 4 saturated carbocycles. The monoisotopic (exact) mass is 372 g/mol. The summed E-state index contributed by atoms with van der Waals surface area (Å²) in [4.78, 5) is 29.1. The molecule has 148 valence electrons. The Kier molecular flexibility index (Phi) is 5.15. The third-order valence-electron chi connectivity index (χ3n) is 7.59. The van der Waals surface area contributed by atoms with Crippen LogP contribution in [0.15, 0.2) is 0 Å². The van der Waals surface area contributed by atoms with E-state index in [-0.39, 0.29) is 23.3 Å². The van der Waals surface area contributed by atoms with Crippen molar-refractivity contribution >= 4 is 11.8 Å². The minimum atomic E-state index is -0.255. The first-order chi connectivity index (χ1) is 13.0. The Bertz CT molecular complexity index is 605. The van der Waals surface area contributed by atoms with Crippen LogP contribution < -0.4 is 5.73 Å². The van der Waals surface area contributed by atoms with Crippen molar-refractivity contribution in [1.29, 1.82) is 5.26 Å². The van der Waals surface area contributed by atoms with Crippen molar-refractivity contribution in [1.82, 2.24) is 9.80 Å². The van der Waals surface area contributed by atoms with Crippen LogP contribution in [0.4, 0.5) is 0 Å². The topological polar surface area (TPSA) is 90.4 Å². The summed E-state index contributed by atoms with van der Waals surface area (Å²) in [6, 6.07) is 2.24. The van der Waals surface area contributed by atoms with Gasteiger partial charge in [-0.1, -0.05) is 0 Å². The molecule has 5 fully saturated rings. The highest BCUT2D eigenvalue weighted by atomic mass is 16.2. The zero-order chi connectivity index (χ0) is 19.0. The fraction of sp³-hybridized carbons (Fsp3) is 0.857. The van der Waals surface area contributed by atoms with E-state index in [4.69, 9.17) is 11.0 Å². The van der Waals surface area contributed by atoms with Crippen molar-refractivity contribution in [3.05, 3.63) is 0 Å². The van der Waals surface area contributed by atoms with Gasteiger partial charge in [0.05, 0.1) is 25.0 Å². The number of amides is 2. The van der Waals surface area contributed by atoms with Gasteiger partial charge >= 0.3 is 0 Å². The van der Waals surface area contributed by atoms with E-state index in [9.17, 15) is 9.59 Å². The second kappa shape index (κ2) is 7.43. The maximum Gasteiger partial charge on any atom is 0.237 e. The summed E-state index contributed by atoms with van der Waals surface area (Å²) in [5.41, 5.74) is 5.48. The molecule has 0 radical (unpaired) electrons. The lowest BCUT2D eigenvalue weighted by Crippen LogP contribution is -2.63. The second-order valence-corrected chi connectivity index (χ2v) is 9.57. The number of nitrogens with two attached hydrogens (primary N) is 1. The number of likely N-dealkylation sites (tertiary alicyclic amines) is 1. The largest absolute Gasteiger partial charge is 0.369 e. The van der Waals surface area contributed by atoms with E-state index in [0.717, 1.165) is 56.4 Å². The molecule has 1 heterocycles. The van der Waals surface area contributed by atoms with Gasteiger partial charge in [-0.2, -0.15) is 5.26 Å². The van der Waals surface area contributed by atoms with E-state index in [2.05, 4.69) is 15.9 Å². The Morgan fingerprint density at radius 3 is 2.33 bits per heavy atom. The van der Waals surface area contributed by atoms with Crippen molar-refractivity contribution in [2.24, 2.45) is 29.4 Å². The standard InChI is InChI=1S/C21H32N4O2/c22-4-2-6-25(19(26)14-24-5-1-3-18(13-24)20(23)27)21-10-15-7-16(11-21)9-17(8-15)12-21/h15-18H,1-3,5-14H2,(H2,23,27)/t15?,16?,17?,18-,21?/m1/s1. The molecule has 0 aromatic carbocycles. The summed E-state index contributed by atoms with van der Waals surface area (Å²) in [7, 11) is 0. The number of hydrogen-bond donors (Lipinski definition) is 1. The Hall–Kier alpha value is -1.61. The molecule has 4 bridgehead atoms. The molecule has 0 aromatic heterocycles. The average molecular weight is 373 g/mol. The number of rotatable bonds is 6. The van der Waals surface area contributed by atoms with Crippen LogP contribution in [0.2, 0.25) is 0 Å². The average Bonchev–Trinajstić information content (AvgIpc) is 2.61. The van der Waals surface area contributed by atoms with Crippen LogP contribution in [0.1, 0.15) is 57.8 Å². The maximum atomic E-state index is 13.4. The molecule has 1 aliphatic heterocycles. The molecule has 6 nitrogen and oxygen atoms in total. The SMILES string of the molecule is N#CCCN(C(=O)CN1CCC[C@@H](C(N)=O)C1)C12CC3CC(CC(C3)C1)C2. The Morgan fingerprint density at radius 1 is 1.15 bits per heavy atom. The van der Waals surface area contributed by atoms with Crippen LogP contribution in [0.25, 0.3) is 0 Å². The molecule has 5 rings (SSSR count). The molecule has 5 aliphatic rings. The van der Waals surface area contributed by atoms with Gasteiger partial charge in [0.2, 0.25) is 11.8 Å². The molecule has 0 spiro atoms. The number of primary amides is 1. The minimum Gasteiger partial charge on any atom is -0.369 e. The highest BCUT2D eigenvalue weighted by Crippen LogP contribution is 2.57. The van der Waals surface area contributed by atoms with Crippen molar-refractivity contribution in [2.75, 3.05) is 26.2 Å². The first-order valence-electron chi connectivity index (χ1n) is 10.7. The summed E-state index contributed by atoms with van der Waals surface area (Å²) in [5, 5.41) is 9.15. The maximum absolute atomic E-state index is 13.4. The van der Waals surface area contributed by atoms with Gasteiger partial charge in [0.15, 0.2) is 0 Å². The van der Waals surface area contributed by atoms with E-state index in [1.807, 2.05) is 0 Å². The van der Waals surface area contributed by atoms with Gasteiger partial charge in [-0.05, 0) is 75.7 Å². The lowest BCUT2D eigenvalue weighted by molar-refractivity contribution is -0.152.